The van der Waals surface area contributed by atoms with Crippen LogP contribution >= 0.6 is 0 Å². The van der Waals surface area contributed by atoms with E-state index in [-0.39, 0.29) is 27.4 Å². The van der Waals surface area contributed by atoms with E-state index < -0.39 is 5.41 Å². The van der Waals surface area contributed by atoms with Crippen molar-refractivity contribution in [1.29, 1.82) is 0 Å². The van der Waals surface area contributed by atoms with Gasteiger partial charge in [-0.05, 0) is 35.8 Å². The Labute approximate surface area is 186 Å². The summed E-state index contributed by atoms with van der Waals surface area (Å²) in [4.78, 5) is 31.7. The van der Waals surface area contributed by atoms with Gasteiger partial charge in [0.1, 0.15) is 0 Å². The first-order valence-electron chi connectivity index (χ1n) is 11.1. The van der Waals surface area contributed by atoms with Crippen molar-refractivity contribution in [3.05, 3.63) is 61.4 Å². The van der Waals surface area contributed by atoms with Crippen LogP contribution in [0, 0.1) is 0 Å². The van der Waals surface area contributed by atoms with Crippen LogP contribution in [0.4, 0.5) is 5.69 Å². The van der Waals surface area contributed by atoms with E-state index in [0.29, 0.717) is 11.3 Å². The molecule has 0 aromatic carbocycles. The first kappa shape index (κ1) is 25.0. The molecule has 0 amide bonds. The van der Waals surface area contributed by atoms with E-state index >= 15 is 0 Å². The number of nitrogens with one attached hydrogen (secondary N) is 2. The average Bonchev–Trinajstić information content (AvgIpc) is 2.57. The number of nitrogen functional groups attached to an aromatic ring is 1. The summed E-state index contributed by atoms with van der Waals surface area (Å²) in [6.45, 7) is 20.7. The Kier molecular flexibility index (Phi) is 6.44. The van der Waals surface area contributed by atoms with Crippen molar-refractivity contribution in [2.45, 2.75) is 104 Å². The number of nitrogens with two attached hydrogens (primary N) is 1. The van der Waals surface area contributed by atoms with E-state index in [4.69, 9.17) is 5.73 Å². The number of hydrogen-bond donors (Lipinski definition) is 3. The number of pyridine rings is 2. The molecule has 0 aliphatic rings. The van der Waals surface area contributed by atoms with Gasteiger partial charge in [0.05, 0.1) is 0 Å². The van der Waals surface area contributed by atoms with Gasteiger partial charge >= 0.3 is 0 Å². The van der Waals surface area contributed by atoms with Gasteiger partial charge in [-0.25, -0.2) is 0 Å². The number of anilines is 1. The van der Waals surface area contributed by atoms with E-state index in [9.17, 15) is 9.59 Å². The highest BCUT2D eigenvalue weighted by atomic mass is 16.1. The van der Waals surface area contributed by atoms with Crippen LogP contribution in [0.1, 0.15) is 105 Å². The van der Waals surface area contributed by atoms with Gasteiger partial charge < -0.3 is 15.7 Å². The fraction of sp³-hybridized carbons (Fsp3) is 0.615. The van der Waals surface area contributed by atoms with Crippen molar-refractivity contribution in [1.82, 2.24) is 9.97 Å². The fourth-order valence-electron chi connectivity index (χ4n) is 4.03. The molecule has 0 unspecified atom stereocenters. The third-order valence-electron chi connectivity index (χ3n) is 6.37. The standard InChI is InChI=1S/C26H41N3O2/c1-23(2,3)16-11-12-18(28-21(16)30)25(7,8)13-14-26(9,10)20-17(27)15-19(24(4,5)6)29-22(20)31/h11-12,15H,13-14H2,1-10H3,(H,28,30)(H3,27,29,31). The molecule has 31 heavy (non-hydrogen) atoms. The Bertz CT molecular complexity index is 1060. The van der Waals surface area contributed by atoms with Gasteiger partial charge in [0, 0.05) is 39.0 Å². The summed E-state index contributed by atoms with van der Waals surface area (Å²) < 4.78 is 0. The maximum Gasteiger partial charge on any atom is 0.253 e. The molecule has 0 aliphatic heterocycles. The zero-order chi connectivity index (χ0) is 24.0. The Morgan fingerprint density at radius 1 is 0.710 bits per heavy atom. The molecule has 0 atom stereocenters. The van der Waals surface area contributed by atoms with Crippen molar-refractivity contribution >= 4 is 5.69 Å². The molecule has 0 saturated carbocycles. The van der Waals surface area contributed by atoms with Crippen LogP contribution in [0.5, 0.6) is 0 Å². The molecule has 4 N–H and O–H groups in total. The molecule has 2 aromatic rings. The largest absolute Gasteiger partial charge is 0.398 e. The topological polar surface area (TPSA) is 91.7 Å². The van der Waals surface area contributed by atoms with Crippen molar-refractivity contribution in [3.63, 3.8) is 0 Å². The van der Waals surface area contributed by atoms with Crippen molar-refractivity contribution < 1.29 is 0 Å². The van der Waals surface area contributed by atoms with Crippen molar-refractivity contribution in [3.8, 4) is 0 Å². The fourth-order valence-corrected chi connectivity index (χ4v) is 4.03. The maximum absolute atomic E-state index is 12.9. The molecule has 0 radical (unpaired) electrons. The molecular formula is C26H41N3O2. The number of H-pyrrole nitrogens is 2. The second-order valence-electron chi connectivity index (χ2n) is 12.2. The van der Waals surface area contributed by atoms with E-state index in [0.717, 1.165) is 29.8 Å². The van der Waals surface area contributed by atoms with E-state index in [1.807, 2.05) is 39.0 Å². The molecular weight excluding hydrogens is 386 g/mol. The third-order valence-corrected chi connectivity index (χ3v) is 6.37. The summed E-state index contributed by atoms with van der Waals surface area (Å²) >= 11 is 0. The number of rotatable bonds is 5. The molecule has 172 valence electrons. The zero-order valence-corrected chi connectivity index (χ0v) is 21.0. The van der Waals surface area contributed by atoms with Gasteiger partial charge in [0.2, 0.25) is 0 Å². The second kappa shape index (κ2) is 7.99. The summed E-state index contributed by atoms with van der Waals surface area (Å²) in [6.07, 6.45) is 1.55. The number of aromatic amines is 2. The van der Waals surface area contributed by atoms with Crippen LogP contribution < -0.4 is 16.9 Å². The van der Waals surface area contributed by atoms with Crippen LogP contribution in [-0.4, -0.2) is 9.97 Å². The molecule has 0 aliphatic carbocycles. The highest BCUT2D eigenvalue weighted by Gasteiger charge is 2.32. The molecule has 5 nitrogen and oxygen atoms in total. The van der Waals surface area contributed by atoms with Crippen LogP contribution in [-0.2, 0) is 21.7 Å². The molecule has 0 spiro atoms. The van der Waals surface area contributed by atoms with Crippen LogP contribution in [0.2, 0.25) is 0 Å². The highest BCUT2D eigenvalue weighted by Crippen LogP contribution is 2.36. The summed E-state index contributed by atoms with van der Waals surface area (Å²) in [5.41, 5.74) is 8.89. The van der Waals surface area contributed by atoms with Gasteiger partial charge in [0.25, 0.3) is 11.1 Å². The van der Waals surface area contributed by atoms with Crippen molar-refractivity contribution in [2.75, 3.05) is 5.73 Å². The normalized spacial score (nSPS) is 13.5. The summed E-state index contributed by atoms with van der Waals surface area (Å²) in [7, 11) is 0. The Morgan fingerprint density at radius 2 is 1.23 bits per heavy atom. The van der Waals surface area contributed by atoms with Crippen LogP contribution in [0.15, 0.2) is 27.8 Å². The minimum atomic E-state index is -0.406. The predicted molar refractivity (Wildman–Crippen MR) is 131 cm³/mol. The lowest BCUT2D eigenvalue weighted by Crippen LogP contribution is -2.34. The minimum Gasteiger partial charge on any atom is -0.398 e. The minimum absolute atomic E-state index is 0.0317. The van der Waals surface area contributed by atoms with Gasteiger partial charge in [-0.1, -0.05) is 75.3 Å². The number of hydrogen-bond acceptors (Lipinski definition) is 3. The van der Waals surface area contributed by atoms with E-state index in [1.54, 1.807) is 0 Å². The third kappa shape index (κ3) is 5.50. The Morgan fingerprint density at radius 3 is 1.68 bits per heavy atom. The lowest BCUT2D eigenvalue weighted by Gasteiger charge is -2.32. The average molecular weight is 428 g/mol. The number of aromatic nitrogens is 2. The first-order valence-corrected chi connectivity index (χ1v) is 11.1. The molecule has 0 bridgehead atoms. The smallest absolute Gasteiger partial charge is 0.253 e. The monoisotopic (exact) mass is 427 g/mol. The quantitative estimate of drug-likeness (QED) is 0.606. The molecule has 2 rings (SSSR count). The Hall–Kier alpha value is -2.30. The summed E-state index contributed by atoms with van der Waals surface area (Å²) in [5, 5.41) is 0. The molecule has 0 saturated heterocycles. The van der Waals surface area contributed by atoms with Gasteiger partial charge in [0.15, 0.2) is 0 Å². The predicted octanol–water partition coefficient (Wildman–Crippen LogP) is 5.28. The summed E-state index contributed by atoms with van der Waals surface area (Å²) in [5.74, 6) is 0. The van der Waals surface area contributed by atoms with Crippen LogP contribution in [0.3, 0.4) is 0 Å². The van der Waals surface area contributed by atoms with Gasteiger partial charge in [-0.15, -0.1) is 0 Å². The van der Waals surface area contributed by atoms with Crippen molar-refractivity contribution in [2.24, 2.45) is 0 Å². The molecule has 2 aromatic heterocycles. The molecule has 5 heteroatoms. The molecule has 0 fully saturated rings. The Balaban J connectivity index is 2.32. The van der Waals surface area contributed by atoms with E-state index in [1.165, 1.54) is 0 Å². The van der Waals surface area contributed by atoms with Gasteiger partial charge in [-0.2, -0.15) is 0 Å². The maximum atomic E-state index is 12.9. The lowest BCUT2D eigenvalue weighted by atomic mass is 9.73. The second-order valence-corrected chi connectivity index (χ2v) is 12.2. The van der Waals surface area contributed by atoms with E-state index in [2.05, 4.69) is 58.4 Å². The highest BCUT2D eigenvalue weighted by molar-refractivity contribution is 5.51. The van der Waals surface area contributed by atoms with Gasteiger partial charge in [-0.3, -0.25) is 9.59 Å². The zero-order valence-electron chi connectivity index (χ0n) is 21.0. The summed E-state index contributed by atoms with van der Waals surface area (Å²) in [6, 6.07) is 5.86. The first-order chi connectivity index (χ1) is 13.9. The SMILES string of the molecule is CC(C)(C)c1cc(N)c(C(C)(C)CCC(C)(C)c2ccc(C(C)(C)C)c(=O)[nH]2)c(=O)[nH]1. The van der Waals surface area contributed by atoms with Crippen LogP contribution in [0.25, 0.3) is 0 Å². The molecule has 2 heterocycles. The lowest BCUT2D eigenvalue weighted by molar-refractivity contribution is 0.366.